The first-order valence-electron chi connectivity index (χ1n) is 5.11. The molecule has 4 heteroatoms. The Labute approximate surface area is 88.4 Å². The average molecular weight is 205 g/mol. The lowest BCUT2D eigenvalue weighted by Gasteiger charge is -1.96. The quantitative estimate of drug-likeness (QED) is 0.773. The summed E-state index contributed by atoms with van der Waals surface area (Å²) in [5.74, 6) is 0. The summed E-state index contributed by atoms with van der Waals surface area (Å²) >= 11 is 0. The zero-order chi connectivity index (χ0) is 10.7. The Balaban J connectivity index is 2.29. The molecule has 0 aromatic carbocycles. The lowest BCUT2D eigenvalue weighted by Crippen LogP contribution is -1.96. The monoisotopic (exact) mass is 205 g/mol. The summed E-state index contributed by atoms with van der Waals surface area (Å²) in [6.07, 6.45) is 5.53. The molecule has 2 heterocycles. The molecule has 15 heavy (non-hydrogen) atoms. The molecule has 0 aliphatic carbocycles. The number of aliphatic hydroxyl groups excluding tert-OH is 1. The van der Waals surface area contributed by atoms with Crippen LogP contribution in [-0.4, -0.2) is 21.1 Å². The van der Waals surface area contributed by atoms with Crippen LogP contribution in [0.1, 0.15) is 17.7 Å². The molecule has 2 aromatic rings. The van der Waals surface area contributed by atoms with E-state index >= 15 is 0 Å². The van der Waals surface area contributed by atoms with Gasteiger partial charge in [-0.3, -0.25) is 0 Å². The SMILES string of the molecule is NCc1ccn2cc(CCCO)nc2c1. The van der Waals surface area contributed by atoms with E-state index in [1.165, 1.54) is 0 Å². The summed E-state index contributed by atoms with van der Waals surface area (Å²) in [5.41, 5.74) is 8.58. The van der Waals surface area contributed by atoms with Crippen molar-refractivity contribution in [3.63, 3.8) is 0 Å². The van der Waals surface area contributed by atoms with Gasteiger partial charge in [0.1, 0.15) is 5.65 Å². The van der Waals surface area contributed by atoms with Crippen LogP contribution in [0.25, 0.3) is 5.65 Å². The second kappa shape index (κ2) is 4.42. The first-order chi connectivity index (χ1) is 7.33. The number of aryl methyl sites for hydroxylation is 1. The van der Waals surface area contributed by atoms with Gasteiger partial charge in [0.15, 0.2) is 0 Å². The standard InChI is InChI=1S/C11H15N3O/c12-7-9-3-4-14-8-10(2-1-5-15)13-11(14)6-9/h3-4,6,8,15H,1-2,5,7,12H2. The number of hydrogen-bond donors (Lipinski definition) is 2. The predicted octanol–water partition coefficient (Wildman–Crippen LogP) is 0.718. The van der Waals surface area contributed by atoms with E-state index in [4.69, 9.17) is 10.8 Å². The van der Waals surface area contributed by atoms with Crippen molar-refractivity contribution >= 4 is 5.65 Å². The van der Waals surface area contributed by atoms with E-state index < -0.39 is 0 Å². The molecule has 0 spiro atoms. The summed E-state index contributed by atoms with van der Waals surface area (Å²) in [6, 6.07) is 3.98. The molecule has 2 aromatic heterocycles. The average Bonchev–Trinajstić information content (AvgIpc) is 2.67. The van der Waals surface area contributed by atoms with Crippen LogP contribution in [-0.2, 0) is 13.0 Å². The van der Waals surface area contributed by atoms with Gasteiger partial charge in [-0.25, -0.2) is 4.98 Å². The Morgan fingerprint density at radius 2 is 2.33 bits per heavy atom. The minimum atomic E-state index is 0.210. The molecule has 80 valence electrons. The Morgan fingerprint density at radius 1 is 1.47 bits per heavy atom. The lowest BCUT2D eigenvalue weighted by molar-refractivity contribution is 0.288. The second-order valence-electron chi connectivity index (χ2n) is 3.56. The molecule has 2 rings (SSSR count). The van der Waals surface area contributed by atoms with Crippen molar-refractivity contribution in [2.45, 2.75) is 19.4 Å². The van der Waals surface area contributed by atoms with E-state index in [1.54, 1.807) is 0 Å². The number of nitrogens with two attached hydrogens (primary N) is 1. The molecule has 0 atom stereocenters. The zero-order valence-corrected chi connectivity index (χ0v) is 8.56. The van der Waals surface area contributed by atoms with E-state index in [2.05, 4.69) is 4.98 Å². The normalized spacial score (nSPS) is 11.1. The summed E-state index contributed by atoms with van der Waals surface area (Å²) < 4.78 is 1.98. The summed E-state index contributed by atoms with van der Waals surface area (Å²) in [4.78, 5) is 4.46. The van der Waals surface area contributed by atoms with E-state index in [0.717, 1.165) is 29.7 Å². The molecule has 4 nitrogen and oxygen atoms in total. The van der Waals surface area contributed by atoms with E-state index in [1.807, 2.05) is 28.9 Å². The molecule has 0 bridgehead atoms. The molecule has 0 aliphatic rings. The minimum Gasteiger partial charge on any atom is -0.396 e. The molecule has 0 saturated carbocycles. The van der Waals surface area contributed by atoms with Crippen LogP contribution >= 0.6 is 0 Å². The second-order valence-corrected chi connectivity index (χ2v) is 3.56. The Bertz CT molecular complexity index is 450. The Morgan fingerprint density at radius 3 is 3.07 bits per heavy atom. The summed E-state index contributed by atoms with van der Waals surface area (Å²) in [7, 11) is 0. The van der Waals surface area contributed by atoms with Crippen LogP contribution in [0.3, 0.4) is 0 Å². The number of imidazole rings is 1. The van der Waals surface area contributed by atoms with Crippen LogP contribution in [0.2, 0.25) is 0 Å². The maximum Gasteiger partial charge on any atom is 0.137 e. The lowest BCUT2D eigenvalue weighted by atomic mass is 10.3. The first kappa shape index (κ1) is 10.1. The van der Waals surface area contributed by atoms with Gasteiger partial charge in [0.2, 0.25) is 0 Å². The third-order valence-electron chi connectivity index (χ3n) is 2.40. The number of fused-ring (bicyclic) bond motifs is 1. The highest BCUT2D eigenvalue weighted by atomic mass is 16.2. The van der Waals surface area contributed by atoms with Gasteiger partial charge in [0.05, 0.1) is 5.69 Å². The van der Waals surface area contributed by atoms with Crippen molar-refractivity contribution in [1.82, 2.24) is 9.38 Å². The van der Waals surface area contributed by atoms with Crippen LogP contribution in [0.15, 0.2) is 24.5 Å². The Kier molecular flexibility index (Phi) is 2.99. The fourth-order valence-electron chi connectivity index (χ4n) is 1.58. The number of aliphatic hydroxyl groups is 1. The van der Waals surface area contributed by atoms with Crippen molar-refractivity contribution in [3.8, 4) is 0 Å². The molecule has 0 amide bonds. The smallest absolute Gasteiger partial charge is 0.137 e. The Hall–Kier alpha value is -1.39. The van der Waals surface area contributed by atoms with Crippen LogP contribution < -0.4 is 5.73 Å². The zero-order valence-electron chi connectivity index (χ0n) is 8.56. The summed E-state index contributed by atoms with van der Waals surface area (Å²) in [5, 5.41) is 8.73. The number of pyridine rings is 1. The van der Waals surface area contributed by atoms with Gasteiger partial charge in [-0.2, -0.15) is 0 Å². The molecular formula is C11H15N3O. The fraction of sp³-hybridized carbons (Fsp3) is 0.364. The van der Waals surface area contributed by atoms with Crippen LogP contribution in [0.4, 0.5) is 0 Å². The van der Waals surface area contributed by atoms with Gasteiger partial charge in [0, 0.05) is 25.5 Å². The summed E-state index contributed by atoms with van der Waals surface area (Å²) in [6.45, 7) is 0.747. The third kappa shape index (κ3) is 2.16. The maximum atomic E-state index is 8.73. The number of aromatic nitrogens is 2. The highest BCUT2D eigenvalue weighted by molar-refractivity contribution is 5.42. The molecule has 0 unspecified atom stereocenters. The maximum absolute atomic E-state index is 8.73. The van der Waals surface area contributed by atoms with Gasteiger partial charge in [-0.1, -0.05) is 0 Å². The van der Waals surface area contributed by atoms with Crippen LogP contribution in [0.5, 0.6) is 0 Å². The number of rotatable bonds is 4. The topological polar surface area (TPSA) is 63.5 Å². The van der Waals surface area contributed by atoms with E-state index in [0.29, 0.717) is 6.54 Å². The molecule has 0 saturated heterocycles. The van der Waals surface area contributed by atoms with Gasteiger partial charge < -0.3 is 15.2 Å². The van der Waals surface area contributed by atoms with Crippen molar-refractivity contribution in [3.05, 3.63) is 35.8 Å². The molecule has 0 fully saturated rings. The number of hydrogen-bond acceptors (Lipinski definition) is 3. The van der Waals surface area contributed by atoms with Gasteiger partial charge in [-0.05, 0) is 30.5 Å². The molecule has 0 radical (unpaired) electrons. The largest absolute Gasteiger partial charge is 0.396 e. The third-order valence-corrected chi connectivity index (χ3v) is 2.40. The van der Waals surface area contributed by atoms with Gasteiger partial charge >= 0.3 is 0 Å². The van der Waals surface area contributed by atoms with Gasteiger partial charge in [0.25, 0.3) is 0 Å². The molecule has 3 N–H and O–H groups in total. The number of nitrogens with zero attached hydrogens (tertiary/aromatic N) is 2. The highest BCUT2D eigenvalue weighted by Gasteiger charge is 2.01. The van der Waals surface area contributed by atoms with Crippen molar-refractivity contribution in [1.29, 1.82) is 0 Å². The van der Waals surface area contributed by atoms with E-state index in [-0.39, 0.29) is 6.61 Å². The van der Waals surface area contributed by atoms with Crippen LogP contribution in [0, 0.1) is 0 Å². The molecular weight excluding hydrogens is 190 g/mol. The fourth-order valence-corrected chi connectivity index (χ4v) is 1.58. The van der Waals surface area contributed by atoms with Crippen molar-refractivity contribution in [2.24, 2.45) is 5.73 Å². The highest BCUT2D eigenvalue weighted by Crippen LogP contribution is 2.09. The van der Waals surface area contributed by atoms with Crippen molar-refractivity contribution in [2.75, 3.05) is 6.61 Å². The molecule has 0 aliphatic heterocycles. The van der Waals surface area contributed by atoms with E-state index in [9.17, 15) is 0 Å². The first-order valence-corrected chi connectivity index (χ1v) is 5.11. The minimum absolute atomic E-state index is 0.210. The van der Waals surface area contributed by atoms with Crippen molar-refractivity contribution < 1.29 is 5.11 Å². The predicted molar refractivity (Wildman–Crippen MR) is 58.5 cm³/mol. The van der Waals surface area contributed by atoms with Gasteiger partial charge in [-0.15, -0.1) is 0 Å².